The highest BCUT2D eigenvalue weighted by molar-refractivity contribution is 5.86. The van der Waals surface area contributed by atoms with Crippen LogP contribution in [0, 0.1) is 0 Å². The lowest BCUT2D eigenvalue weighted by atomic mass is 10.0. The van der Waals surface area contributed by atoms with Crippen LogP contribution in [0.4, 0.5) is 0 Å². The fraction of sp³-hybridized carbons (Fsp3) is 0.231. The maximum atomic E-state index is 13.0. The molecule has 8 nitrogen and oxygen atoms in total. The largest absolute Gasteiger partial charge is 0.460 e. The molecule has 0 radical (unpaired) electrons. The Labute approximate surface area is 209 Å². The third kappa shape index (κ3) is 6.65. The van der Waals surface area contributed by atoms with Gasteiger partial charge in [0.15, 0.2) is 0 Å². The van der Waals surface area contributed by atoms with Gasteiger partial charge in [-0.1, -0.05) is 72.8 Å². The van der Waals surface area contributed by atoms with E-state index < -0.39 is 18.1 Å². The lowest BCUT2D eigenvalue weighted by Gasteiger charge is -2.18. The number of carbonyl (C=O) groups is 2. The number of nitrogens with one attached hydrogen (secondary N) is 1. The molecule has 0 spiro atoms. The molecule has 1 aromatic heterocycles. The summed E-state index contributed by atoms with van der Waals surface area (Å²) in [4.78, 5) is 29.1. The van der Waals surface area contributed by atoms with Gasteiger partial charge in [-0.3, -0.25) is 4.79 Å². The zero-order valence-electron chi connectivity index (χ0n) is 19.2. The Bertz CT molecular complexity index is 1280. The van der Waals surface area contributed by atoms with Crippen LogP contribution in [-0.4, -0.2) is 34.7 Å². The molecule has 0 unspecified atom stereocenters. The minimum Gasteiger partial charge on any atom is -0.460 e. The molecular formula is C26H27ClN4O4. The molecule has 3 aromatic carbocycles. The number of benzene rings is 3. The number of ether oxygens (including phenoxy) is 1. The summed E-state index contributed by atoms with van der Waals surface area (Å²) in [6.07, 6.45) is 0.756. The van der Waals surface area contributed by atoms with Crippen molar-refractivity contribution in [2.75, 3.05) is 6.61 Å². The van der Waals surface area contributed by atoms with E-state index in [2.05, 4.69) is 15.5 Å². The second-order valence-electron chi connectivity index (χ2n) is 7.92. The lowest BCUT2D eigenvalue weighted by Crippen LogP contribution is -2.44. The molecule has 182 valence electrons. The standard InChI is InChI=1S/C26H26N4O4.ClH/c1-2-33-26(32)23-29-25(34-30-23)22(16-17-8-4-3-5-9-17)28-24(31)21(27)15-18-12-13-19-10-6-7-11-20(19)14-18;/h3-14,21-22H,2,15-16,27H2,1H3,(H,28,31);1H/t21-,22+;/m0./s1. The molecule has 0 aliphatic heterocycles. The minimum absolute atomic E-state index is 0. The van der Waals surface area contributed by atoms with Crippen LogP contribution in [-0.2, 0) is 22.4 Å². The molecule has 1 amide bonds. The number of esters is 1. The van der Waals surface area contributed by atoms with Crippen LogP contribution in [0.15, 0.2) is 77.3 Å². The Morgan fingerprint density at radius 2 is 1.69 bits per heavy atom. The van der Waals surface area contributed by atoms with Gasteiger partial charge >= 0.3 is 5.97 Å². The maximum Gasteiger partial charge on any atom is 0.379 e. The van der Waals surface area contributed by atoms with Crippen LogP contribution in [0.5, 0.6) is 0 Å². The fourth-order valence-electron chi connectivity index (χ4n) is 3.70. The van der Waals surface area contributed by atoms with Gasteiger partial charge in [0.2, 0.25) is 11.8 Å². The molecule has 0 saturated carbocycles. The monoisotopic (exact) mass is 494 g/mol. The highest BCUT2D eigenvalue weighted by Gasteiger charge is 2.26. The Morgan fingerprint density at radius 3 is 2.43 bits per heavy atom. The predicted molar refractivity (Wildman–Crippen MR) is 134 cm³/mol. The van der Waals surface area contributed by atoms with Gasteiger partial charge in [-0.2, -0.15) is 4.98 Å². The van der Waals surface area contributed by atoms with Gasteiger partial charge in [0, 0.05) is 6.42 Å². The van der Waals surface area contributed by atoms with Gasteiger partial charge in [-0.15, -0.1) is 12.4 Å². The van der Waals surface area contributed by atoms with E-state index in [1.54, 1.807) is 6.92 Å². The molecule has 4 rings (SSSR count). The number of amides is 1. The van der Waals surface area contributed by atoms with E-state index in [1.807, 2.05) is 72.8 Å². The van der Waals surface area contributed by atoms with E-state index >= 15 is 0 Å². The number of carbonyl (C=O) groups excluding carboxylic acids is 2. The van der Waals surface area contributed by atoms with Crippen molar-refractivity contribution in [3.8, 4) is 0 Å². The number of hydrogen-bond acceptors (Lipinski definition) is 7. The summed E-state index contributed by atoms with van der Waals surface area (Å²) in [6, 6.07) is 22.2. The van der Waals surface area contributed by atoms with Crippen LogP contribution >= 0.6 is 12.4 Å². The van der Waals surface area contributed by atoms with Gasteiger partial charge in [0.25, 0.3) is 5.82 Å². The van der Waals surface area contributed by atoms with E-state index in [9.17, 15) is 9.59 Å². The molecule has 0 fully saturated rings. The Balaban J connectivity index is 0.00000342. The zero-order chi connectivity index (χ0) is 23.9. The number of aromatic nitrogens is 2. The molecule has 0 aliphatic rings. The van der Waals surface area contributed by atoms with Crippen molar-refractivity contribution >= 4 is 35.1 Å². The third-order valence-corrected chi connectivity index (χ3v) is 5.40. The predicted octanol–water partition coefficient (Wildman–Crippen LogP) is 3.79. The first-order chi connectivity index (χ1) is 16.5. The van der Waals surface area contributed by atoms with Gasteiger partial charge in [0.05, 0.1) is 12.6 Å². The number of halogens is 1. The molecule has 0 aliphatic carbocycles. The number of fused-ring (bicyclic) bond motifs is 1. The second kappa shape index (κ2) is 12.1. The highest BCUT2D eigenvalue weighted by Crippen LogP contribution is 2.19. The summed E-state index contributed by atoms with van der Waals surface area (Å²) >= 11 is 0. The van der Waals surface area contributed by atoms with Crippen LogP contribution in [0.3, 0.4) is 0 Å². The molecule has 35 heavy (non-hydrogen) atoms. The smallest absolute Gasteiger partial charge is 0.379 e. The van der Waals surface area contributed by atoms with Crippen molar-refractivity contribution in [1.29, 1.82) is 0 Å². The van der Waals surface area contributed by atoms with Crippen LogP contribution < -0.4 is 11.1 Å². The van der Waals surface area contributed by atoms with Crippen molar-refractivity contribution in [2.45, 2.75) is 31.8 Å². The van der Waals surface area contributed by atoms with E-state index in [1.165, 1.54) is 0 Å². The van der Waals surface area contributed by atoms with Crippen molar-refractivity contribution < 1.29 is 18.8 Å². The summed E-state index contributed by atoms with van der Waals surface area (Å²) < 4.78 is 10.2. The minimum atomic E-state index is -0.785. The summed E-state index contributed by atoms with van der Waals surface area (Å²) in [7, 11) is 0. The molecule has 3 N–H and O–H groups in total. The van der Waals surface area contributed by atoms with E-state index in [4.69, 9.17) is 15.0 Å². The van der Waals surface area contributed by atoms with E-state index in [-0.39, 0.29) is 36.6 Å². The van der Waals surface area contributed by atoms with Crippen LogP contribution in [0.25, 0.3) is 10.8 Å². The Hall–Kier alpha value is -3.75. The van der Waals surface area contributed by atoms with Crippen molar-refractivity contribution in [2.24, 2.45) is 5.73 Å². The zero-order valence-corrected chi connectivity index (χ0v) is 20.0. The summed E-state index contributed by atoms with van der Waals surface area (Å²) in [5.74, 6) is -1.12. The summed E-state index contributed by atoms with van der Waals surface area (Å²) in [5.41, 5.74) is 8.17. The number of nitrogens with two attached hydrogens (primary N) is 1. The molecule has 9 heteroatoms. The number of rotatable bonds is 9. The molecule has 1 heterocycles. The molecule has 0 bridgehead atoms. The first-order valence-electron chi connectivity index (χ1n) is 11.1. The first kappa shape index (κ1) is 25.9. The third-order valence-electron chi connectivity index (χ3n) is 5.40. The normalized spacial score (nSPS) is 12.4. The highest BCUT2D eigenvalue weighted by atomic mass is 35.5. The average molecular weight is 495 g/mol. The average Bonchev–Trinajstić information content (AvgIpc) is 3.35. The molecule has 2 atom stereocenters. The Morgan fingerprint density at radius 1 is 0.971 bits per heavy atom. The van der Waals surface area contributed by atoms with Crippen molar-refractivity contribution in [1.82, 2.24) is 15.5 Å². The van der Waals surface area contributed by atoms with Gasteiger partial charge in [0.1, 0.15) is 6.04 Å². The summed E-state index contributed by atoms with van der Waals surface area (Å²) in [6.45, 7) is 1.88. The summed E-state index contributed by atoms with van der Waals surface area (Å²) in [5, 5.41) is 8.83. The maximum absolute atomic E-state index is 13.0. The van der Waals surface area contributed by atoms with E-state index in [0.29, 0.717) is 12.8 Å². The number of hydrogen-bond donors (Lipinski definition) is 2. The van der Waals surface area contributed by atoms with Crippen LogP contribution in [0.1, 0.15) is 40.6 Å². The van der Waals surface area contributed by atoms with E-state index in [0.717, 1.165) is 21.9 Å². The van der Waals surface area contributed by atoms with Gasteiger partial charge in [-0.05, 0) is 40.4 Å². The van der Waals surface area contributed by atoms with Gasteiger partial charge < -0.3 is 20.3 Å². The number of nitrogens with zero attached hydrogens (tertiary/aromatic N) is 2. The fourth-order valence-corrected chi connectivity index (χ4v) is 3.70. The Kier molecular flexibility index (Phi) is 8.94. The van der Waals surface area contributed by atoms with Crippen LogP contribution in [0.2, 0.25) is 0 Å². The van der Waals surface area contributed by atoms with Crippen molar-refractivity contribution in [3.05, 3.63) is 95.6 Å². The quantitative estimate of drug-likeness (QED) is 0.339. The molecular weight excluding hydrogens is 468 g/mol. The lowest BCUT2D eigenvalue weighted by molar-refractivity contribution is -0.123. The molecule has 4 aromatic rings. The van der Waals surface area contributed by atoms with Crippen molar-refractivity contribution in [3.63, 3.8) is 0 Å². The molecule has 0 saturated heterocycles. The second-order valence-corrected chi connectivity index (χ2v) is 7.92. The topological polar surface area (TPSA) is 120 Å². The first-order valence-corrected chi connectivity index (χ1v) is 11.1. The van der Waals surface area contributed by atoms with Gasteiger partial charge in [-0.25, -0.2) is 4.79 Å². The SMILES string of the molecule is CCOC(=O)c1noc([C@@H](Cc2ccccc2)NC(=O)[C@@H](N)Cc2ccc3ccccc3c2)n1.Cl.